The van der Waals surface area contributed by atoms with Crippen molar-refractivity contribution in [1.82, 2.24) is 4.31 Å². The third-order valence-electron chi connectivity index (χ3n) is 3.15. The molecule has 0 unspecified atom stereocenters. The van der Waals surface area contributed by atoms with Crippen LogP contribution in [0.2, 0.25) is 0 Å². The molecule has 0 amide bonds. The van der Waals surface area contributed by atoms with Gasteiger partial charge in [0.15, 0.2) is 11.6 Å². The summed E-state index contributed by atoms with van der Waals surface area (Å²) in [6, 6.07) is 3.65. The zero-order valence-corrected chi connectivity index (χ0v) is 12.5. The molecule has 1 aliphatic rings. The fourth-order valence-electron chi connectivity index (χ4n) is 2.28. The van der Waals surface area contributed by atoms with Gasteiger partial charge in [0.25, 0.3) is 0 Å². The molecule has 1 saturated heterocycles. The van der Waals surface area contributed by atoms with E-state index < -0.39 is 15.8 Å². The van der Waals surface area contributed by atoms with Gasteiger partial charge in [-0.1, -0.05) is 0 Å². The number of hydrogen-bond donors (Lipinski definition) is 0. The number of methoxy groups -OCH3 is 1. The van der Waals surface area contributed by atoms with E-state index in [0.717, 1.165) is 6.07 Å². The van der Waals surface area contributed by atoms with Gasteiger partial charge in [0, 0.05) is 13.1 Å². The minimum atomic E-state index is -3.72. The lowest BCUT2D eigenvalue weighted by molar-refractivity contribution is -0.0440. The fourth-order valence-corrected chi connectivity index (χ4v) is 3.89. The Morgan fingerprint density at radius 1 is 1.30 bits per heavy atom. The van der Waals surface area contributed by atoms with Crippen LogP contribution < -0.4 is 4.74 Å². The van der Waals surface area contributed by atoms with Crippen LogP contribution in [0.4, 0.5) is 4.39 Å². The Bertz CT molecular complexity index is 580. The van der Waals surface area contributed by atoms with E-state index in [9.17, 15) is 12.8 Å². The lowest BCUT2D eigenvalue weighted by atomic mass is 10.3. The zero-order chi connectivity index (χ0) is 14.9. The van der Waals surface area contributed by atoms with Crippen molar-refractivity contribution in [3.8, 4) is 5.75 Å². The highest BCUT2D eigenvalue weighted by Crippen LogP contribution is 2.25. The van der Waals surface area contributed by atoms with Crippen molar-refractivity contribution in [2.75, 3.05) is 20.2 Å². The second-order valence-corrected chi connectivity index (χ2v) is 6.81. The largest absolute Gasteiger partial charge is 0.494 e. The van der Waals surface area contributed by atoms with Gasteiger partial charge in [-0.2, -0.15) is 4.31 Å². The van der Waals surface area contributed by atoms with Crippen molar-refractivity contribution in [1.29, 1.82) is 0 Å². The van der Waals surface area contributed by atoms with Gasteiger partial charge in [-0.05, 0) is 32.0 Å². The van der Waals surface area contributed by atoms with Crippen molar-refractivity contribution in [3.05, 3.63) is 24.0 Å². The second-order valence-electron chi connectivity index (χ2n) is 4.88. The van der Waals surface area contributed by atoms with Crippen molar-refractivity contribution in [2.45, 2.75) is 31.0 Å². The standard InChI is InChI=1S/C13H18FNO4S/c1-9-7-15(8-10(2)19-9)20(16,17)11-4-5-13(18-3)12(14)6-11/h4-6,9-10H,7-8H2,1-3H3/t9-,10+. The van der Waals surface area contributed by atoms with Crippen molar-refractivity contribution in [2.24, 2.45) is 0 Å². The Labute approximate surface area is 118 Å². The van der Waals surface area contributed by atoms with E-state index >= 15 is 0 Å². The van der Waals surface area contributed by atoms with Gasteiger partial charge in [0.2, 0.25) is 10.0 Å². The van der Waals surface area contributed by atoms with Gasteiger partial charge < -0.3 is 9.47 Å². The van der Waals surface area contributed by atoms with Crippen molar-refractivity contribution >= 4 is 10.0 Å². The molecule has 7 heteroatoms. The van der Waals surface area contributed by atoms with Gasteiger partial charge in [0.05, 0.1) is 24.2 Å². The van der Waals surface area contributed by atoms with Crippen molar-refractivity contribution < 1.29 is 22.3 Å². The zero-order valence-electron chi connectivity index (χ0n) is 11.7. The Kier molecular flexibility index (Phi) is 4.31. The predicted molar refractivity (Wildman–Crippen MR) is 71.7 cm³/mol. The quantitative estimate of drug-likeness (QED) is 0.851. The summed E-state index contributed by atoms with van der Waals surface area (Å²) in [4.78, 5) is -0.0721. The van der Waals surface area contributed by atoms with Crippen LogP contribution in [0.1, 0.15) is 13.8 Å². The average molecular weight is 303 g/mol. The van der Waals surface area contributed by atoms with Crippen molar-refractivity contribution in [3.63, 3.8) is 0 Å². The number of nitrogens with zero attached hydrogens (tertiary/aromatic N) is 1. The summed E-state index contributed by atoms with van der Waals surface area (Å²) in [6.45, 7) is 4.15. The molecule has 0 radical (unpaired) electrons. The number of sulfonamides is 1. The van der Waals surface area contributed by atoms with Crippen LogP contribution in [0.15, 0.2) is 23.1 Å². The van der Waals surface area contributed by atoms with E-state index in [1.807, 2.05) is 13.8 Å². The Morgan fingerprint density at radius 3 is 2.40 bits per heavy atom. The molecule has 0 aromatic heterocycles. The second kappa shape index (κ2) is 5.67. The van der Waals surface area contributed by atoms with E-state index in [1.165, 1.54) is 23.5 Å². The molecule has 2 rings (SSSR count). The molecule has 5 nitrogen and oxygen atoms in total. The van der Waals surface area contributed by atoms with Gasteiger partial charge in [-0.3, -0.25) is 0 Å². The molecule has 112 valence electrons. The molecular formula is C13H18FNO4S. The summed E-state index contributed by atoms with van der Waals surface area (Å²) < 4.78 is 50.3. The monoisotopic (exact) mass is 303 g/mol. The molecule has 0 N–H and O–H groups in total. The van der Waals surface area contributed by atoms with Gasteiger partial charge in [0.1, 0.15) is 0 Å². The molecule has 1 aliphatic heterocycles. The molecule has 1 aromatic carbocycles. The van der Waals surface area contributed by atoms with Crippen LogP contribution in [0, 0.1) is 5.82 Å². The number of hydrogen-bond acceptors (Lipinski definition) is 4. The first-order valence-corrected chi connectivity index (χ1v) is 7.77. The van der Waals surface area contributed by atoms with Crippen LogP contribution in [-0.4, -0.2) is 45.1 Å². The number of benzene rings is 1. The van der Waals surface area contributed by atoms with Gasteiger partial charge in [-0.25, -0.2) is 12.8 Å². The van der Waals surface area contributed by atoms with Crippen LogP contribution in [0.3, 0.4) is 0 Å². The molecule has 1 heterocycles. The lowest BCUT2D eigenvalue weighted by Gasteiger charge is -2.34. The van der Waals surface area contributed by atoms with Gasteiger partial charge >= 0.3 is 0 Å². The van der Waals surface area contributed by atoms with Crippen LogP contribution in [0.5, 0.6) is 5.75 Å². The first kappa shape index (κ1) is 15.2. The third kappa shape index (κ3) is 2.94. The van der Waals surface area contributed by atoms with E-state index in [-0.39, 0.29) is 35.9 Å². The molecule has 1 aromatic rings. The number of rotatable bonds is 3. The SMILES string of the molecule is COc1ccc(S(=O)(=O)N2C[C@@H](C)O[C@@H](C)C2)cc1F. The molecule has 0 saturated carbocycles. The average Bonchev–Trinajstić information content (AvgIpc) is 2.37. The Morgan fingerprint density at radius 2 is 1.90 bits per heavy atom. The van der Waals surface area contributed by atoms with E-state index in [4.69, 9.17) is 9.47 Å². The summed E-state index contributed by atoms with van der Waals surface area (Å²) in [7, 11) is -2.39. The number of morpholine rings is 1. The lowest BCUT2D eigenvalue weighted by Crippen LogP contribution is -2.48. The number of halogens is 1. The highest BCUT2D eigenvalue weighted by molar-refractivity contribution is 7.89. The molecular weight excluding hydrogens is 285 g/mol. The summed E-state index contributed by atoms with van der Waals surface area (Å²) in [6.07, 6.45) is -0.367. The summed E-state index contributed by atoms with van der Waals surface area (Å²) in [5.74, 6) is -0.671. The molecule has 0 bridgehead atoms. The van der Waals surface area contributed by atoms with Crippen LogP contribution in [-0.2, 0) is 14.8 Å². The third-order valence-corrected chi connectivity index (χ3v) is 4.97. The van der Waals surface area contributed by atoms with Gasteiger partial charge in [-0.15, -0.1) is 0 Å². The Hall–Kier alpha value is -1.18. The van der Waals surface area contributed by atoms with E-state index in [0.29, 0.717) is 0 Å². The fraction of sp³-hybridized carbons (Fsp3) is 0.538. The molecule has 1 fully saturated rings. The Balaban J connectivity index is 2.32. The smallest absolute Gasteiger partial charge is 0.243 e. The van der Waals surface area contributed by atoms with E-state index in [2.05, 4.69) is 0 Å². The minimum Gasteiger partial charge on any atom is -0.494 e. The van der Waals surface area contributed by atoms with Crippen LogP contribution in [0.25, 0.3) is 0 Å². The number of ether oxygens (including phenoxy) is 2. The molecule has 20 heavy (non-hydrogen) atoms. The maximum Gasteiger partial charge on any atom is 0.243 e. The summed E-state index contributed by atoms with van der Waals surface area (Å²) in [5.41, 5.74) is 0. The topological polar surface area (TPSA) is 55.8 Å². The molecule has 2 atom stereocenters. The highest BCUT2D eigenvalue weighted by atomic mass is 32.2. The first-order chi connectivity index (χ1) is 9.34. The maximum atomic E-state index is 13.7. The molecule has 0 aliphatic carbocycles. The minimum absolute atomic E-state index is 0.0210. The summed E-state index contributed by atoms with van der Waals surface area (Å²) in [5, 5.41) is 0. The first-order valence-electron chi connectivity index (χ1n) is 6.33. The summed E-state index contributed by atoms with van der Waals surface area (Å²) >= 11 is 0. The normalized spacial score (nSPS) is 24.6. The predicted octanol–water partition coefficient (Wildman–Crippen LogP) is 1.63. The van der Waals surface area contributed by atoms with E-state index in [1.54, 1.807) is 0 Å². The highest BCUT2D eigenvalue weighted by Gasteiger charge is 2.32. The molecule has 0 spiro atoms. The van der Waals surface area contributed by atoms with Crippen LogP contribution >= 0.6 is 0 Å². The maximum absolute atomic E-state index is 13.7.